The van der Waals surface area contributed by atoms with E-state index in [1.807, 2.05) is 11.8 Å². The van der Waals surface area contributed by atoms with Crippen molar-refractivity contribution >= 4 is 11.6 Å². The molecule has 5 nitrogen and oxygen atoms in total. The smallest absolute Gasteiger partial charge is 0.242 e. The second-order valence-corrected chi connectivity index (χ2v) is 5.57. The van der Waals surface area contributed by atoms with Crippen LogP contribution in [0.4, 0.5) is 5.69 Å². The molecule has 2 N–H and O–H groups in total. The number of nitrogen functional groups attached to an aromatic ring is 1. The van der Waals surface area contributed by atoms with E-state index in [1.54, 1.807) is 10.6 Å². The van der Waals surface area contributed by atoms with E-state index in [-0.39, 0.29) is 12.5 Å². The molecule has 1 atom stereocenters. The monoisotopic (exact) mass is 274 g/mol. The van der Waals surface area contributed by atoms with Gasteiger partial charge in [-0.2, -0.15) is 5.26 Å². The first-order chi connectivity index (χ1) is 9.56. The van der Waals surface area contributed by atoms with Crippen molar-refractivity contribution in [2.75, 3.05) is 18.8 Å². The molecule has 1 aliphatic rings. The Kier molecular flexibility index (Phi) is 4.33. The lowest BCUT2D eigenvalue weighted by molar-refractivity contribution is -0.133. The zero-order valence-electron chi connectivity index (χ0n) is 12.2. The van der Waals surface area contributed by atoms with E-state index in [1.165, 1.54) is 6.42 Å². The number of amides is 1. The minimum Gasteiger partial charge on any atom is -0.397 e. The van der Waals surface area contributed by atoms with Gasteiger partial charge >= 0.3 is 0 Å². The van der Waals surface area contributed by atoms with Gasteiger partial charge in [0.05, 0.1) is 5.69 Å². The lowest BCUT2D eigenvalue weighted by Crippen LogP contribution is -2.41. The van der Waals surface area contributed by atoms with Gasteiger partial charge in [0.1, 0.15) is 18.3 Å². The Morgan fingerprint density at radius 2 is 2.35 bits per heavy atom. The van der Waals surface area contributed by atoms with Crippen LogP contribution in [0.5, 0.6) is 0 Å². The van der Waals surface area contributed by atoms with Crippen molar-refractivity contribution < 1.29 is 4.79 Å². The highest BCUT2D eigenvalue weighted by Gasteiger charge is 2.23. The number of piperidine rings is 1. The van der Waals surface area contributed by atoms with Crippen LogP contribution in [-0.2, 0) is 17.8 Å². The predicted molar refractivity (Wildman–Crippen MR) is 77.9 cm³/mol. The molecule has 1 aromatic rings. The number of nitrogens with zero attached hydrogens (tertiary/aromatic N) is 3. The number of hydrogen-bond acceptors (Lipinski definition) is 3. The minimum absolute atomic E-state index is 0.0818. The van der Waals surface area contributed by atoms with Gasteiger partial charge in [-0.05, 0) is 31.2 Å². The summed E-state index contributed by atoms with van der Waals surface area (Å²) in [6.07, 6.45) is 2.97. The van der Waals surface area contributed by atoms with Crippen molar-refractivity contribution in [2.24, 2.45) is 5.92 Å². The molecule has 5 heteroatoms. The van der Waals surface area contributed by atoms with Crippen LogP contribution in [0.25, 0.3) is 0 Å². The van der Waals surface area contributed by atoms with E-state index in [0.717, 1.165) is 31.6 Å². The van der Waals surface area contributed by atoms with Crippen molar-refractivity contribution in [1.29, 1.82) is 5.26 Å². The Bertz CT molecular complexity index is 541. The number of nitriles is 1. The highest BCUT2D eigenvalue weighted by atomic mass is 16.2. The summed E-state index contributed by atoms with van der Waals surface area (Å²) in [7, 11) is 0. The molecule has 0 radical (unpaired) electrons. The normalized spacial score (nSPS) is 18.9. The zero-order valence-corrected chi connectivity index (χ0v) is 12.2. The maximum Gasteiger partial charge on any atom is 0.242 e. The van der Waals surface area contributed by atoms with Crippen LogP contribution < -0.4 is 5.73 Å². The van der Waals surface area contributed by atoms with E-state index in [2.05, 4.69) is 13.0 Å². The molecule has 1 saturated heterocycles. The van der Waals surface area contributed by atoms with Gasteiger partial charge in [0.2, 0.25) is 5.91 Å². The molecule has 0 spiro atoms. The first kappa shape index (κ1) is 14.4. The predicted octanol–water partition coefficient (Wildman–Crippen LogP) is 1.76. The molecule has 1 aromatic heterocycles. The standard InChI is InChI=1S/C15H22N4O/c1-3-14-13(17)7-12(8-16)19(14)10-15(20)18-6-4-5-11(2)9-18/h7,11H,3-6,9-10,17H2,1-2H3/t11-/m1/s1. The topological polar surface area (TPSA) is 75.0 Å². The largest absolute Gasteiger partial charge is 0.397 e. The molecular formula is C15H22N4O. The Balaban J connectivity index is 2.17. The average molecular weight is 274 g/mol. The molecule has 2 rings (SSSR count). The van der Waals surface area contributed by atoms with Crippen molar-refractivity contribution in [3.05, 3.63) is 17.5 Å². The highest BCUT2D eigenvalue weighted by molar-refractivity contribution is 5.77. The minimum atomic E-state index is 0.0818. The lowest BCUT2D eigenvalue weighted by Gasteiger charge is -2.31. The van der Waals surface area contributed by atoms with E-state index in [4.69, 9.17) is 11.0 Å². The number of anilines is 1. The molecule has 20 heavy (non-hydrogen) atoms. The Morgan fingerprint density at radius 1 is 1.60 bits per heavy atom. The highest BCUT2D eigenvalue weighted by Crippen LogP contribution is 2.20. The summed E-state index contributed by atoms with van der Waals surface area (Å²) >= 11 is 0. The van der Waals surface area contributed by atoms with Crippen LogP contribution >= 0.6 is 0 Å². The Labute approximate surface area is 120 Å². The Hall–Kier alpha value is -1.96. The first-order valence-electron chi connectivity index (χ1n) is 7.22. The molecule has 1 aliphatic heterocycles. The average Bonchev–Trinajstić information content (AvgIpc) is 2.74. The number of hydrogen-bond donors (Lipinski definition) is 1. The quantitative estimate of drug-likeness (QED) is 0.912. The van der Waals surface area contributed by atoms with Crippen LogP contribution in [-0.4, -0.2) is 28.5 Å². The third-order valence-electron chi connectivity index (χ3n) is 3.99. The summed E-state index contributed by atoms with van der Waals surface area (Å²) in [4.78, 5) is 14.3. The lowest BCUT2D eigenvalue weighted by atomic mass is 10.0. The number of nitrogens with two attached hydrogens (primary N) is 1. The van der Waals surface area contributed by atoms with E-state index in [9.17, 15) is 4.79 Å². The number of rotatable bonds is 3. The summed E-state index contributed by atoms with van der Waals surface area (Å²) in [5.74, 6) is 0.641. The van der Waals surface area contributed by atoms with Crippen LogP contribution in [0.1, 0.15) is 38.1 Å². The fourth-order valence-electron chi connectivity index (χ4n) is 2.93. The molecule has 1 fully saturated rings. The first-order valence-corrected chi connectivity index (χ1v) is 7.22. The molecule has 0 bridgehead atoms. The number of likely N-dealkylation sites (tertiary alicyclic amines) is 1. The van der Waals surface area contributed by atoms with E-state index in [0.29, 0.717) is 17.3 Å². The second-order valence-electron chi connectivity index (χ2n) is 5.57. The van der Waals surface area contributed by atoms with Crippen LogP contribution in [0.3, 0.4) is 0 Å². The summed E-state index contributed by atoms with van der Waals surface area (Å²) in [5.41, 5.74) is 7.85. The molecular weight excluding hydrogens is 252 g/mol. The van der Waals surface area contributed by atoms with Gasteiger partial charge in [0.25, 0.3) is 0 Å². The van der Waals surface area contributed by atoms with Gasteiger partial charge in [-0.25, -0.2) is 0 Å². The van der Waals surface area contributed by atoms with E-state index < -0.39 is 0 Å². The molecule has 1 amide bonds. The van der Waals surface area contributed by atoms with Gasteiger partial charge < -0.3 is 15.2 Å². The van der Waals surface area contributed by atoms with Crippen LogP contribution in [0.2, 0.25) is 0 Å². The third kappa shape index (κ3) is 2.79. The van der Waals surface area contributed by atoms with Gasteiger partial charge in [0, 0.05) is 18.8 Å². The molecule has 0 aliphatic carbocycles. The fourth-order valence-corrected chi connectivity index (χ4v) is 2.93. The molecule has 0 unspecified atom stereocenters. The molecule has 2 heterocycles. The van der Waals surface area contributed by atoms with E-state index >= 15 is 0 Å². The Morgan fingerprint density at radius 3 is 2.95 bits per heavy atom. The summed E-state index contributed by atoms with van der Waals surface area (Å²) in [6.45, 7) is 6.01. The van der Waals surface area contributed by atoms with Crippen molar-refractivity contribution in [3.8, 4) is 6.07 Å². The van der Waals surface area contributed by atoms with Gasteiger partial charge in [-0.1, -0.05) is 13.8 Å². The van der Waals surface area contributed by atoms with Gasteiger partial charge in [-0.15, -0.1) is 0 Å². The maximum atomic E-state index is 12.4. The fraction of sp³-hybridized carbons (Fsp3) is 0.600. The number of aromatic nitrogens is 1. The summed E-state index contributed by atoms with van der Waals surface area (Å²) in [6, 6.07) is 3.78. The second kappa shape index (κ2) is 6.00. The number of carbonyl (C=O) groups excluding carboxylic acids is 1. The van der Waals surface area contributed by atoms with Crippen molar-refractivity contribution in [1.82, 2.24) is 9.47 Å². The van der Waals surface area contributed by atoms with Crippen LogP contribution in [0.15, 0.2) is 6.07 Å². The molecule has 108 valence electrons. The third-order valence-corrected chi connectivity index (χ3v) is 3.99. The zero-order chi connectivity index (χ0) is 14.7. The molecule has 0 aromatic carbocycles. The van der Waals surface area contributed by atoms with Crippen molar-refractivity contribution in [3.63, 3.8) is 0 Å². The van der Waals surface area contributed by atoms with Gasteiger partial charge in [-0.3, -0.25) is 4.79 Å². The number of carbonyl (C=O) groups is 1. The molecule has 0 saturated carbocycles. The summed E-state index contributed by atoms with van der Waals surface area (Å²) < 4.78 is 1.76. The SMILES string of the molecule is CCc1c(N)cc(C#N)n1CC(=O)N1CCC[C@@H](C)C1. The van der Waals surface area contributed by atoms with Crippen LogP contribution in [0, 0.1) is 17.2 Å². The maximum absolute atomic E-state index is 12.4. The van der Waals surface area contributed by atoms with Gasteiger partial charge in [0.15, 0.2) is 0 Å². The van der Waals surface area contributed by atoms with Crippen molar-refractivity contribution in [2.45, 2.75) is 39.7 Å². The summed E-state index contributed by atoms with van der Waals surface area (Å²) in [5, 5.41) is 9.17.